The Morgan fingerprint density at radius 2 is 1.96 bits per heavy atom. The fourth-order valence-corrected chi connectivity index (χ4v) is 3.79. The van der Waals surface area contributed by atoms with Gasteiger partial charge in [0.15, 0.2) is 0 Å². The number of aromatic nitrogens is 1. The molecule has 0 spiro atoms. The minimum absolute atomic E-state index is 0.214. The van der Waals surface area contributed by atoms with Gasteiger partial charge in [0.1, 0.15) is 11.9 Å². The van der Waals surface area contributed by atoms with E-state index in [2.05, 4.69) is 4.98 Å². The van der Waals surface area contributed by atoms with E-state index in [-0.39, 0.29) is 24.1 Å². The number of methoxy groups -OCH3 is 1. The third-order valence-electron chi connectivity index (χ3n) is 3.66. The zero-order chi connectivity index (χ0) is 17.2. The molecule has 1 aromatic heterocycles. The standard InChI is InChI=1S/C16H15N3O4S/c1-22-13-2-4-15(5-3-13)24(20,21)19-10-14(11-19)23-16-8-12(9-17)6-7-18-16/h2-8,14H,10-11H2,1H3. The van der Waals surface area contributed by atoms with E-state index in [4.69, 9.17) is 14.7 Å². The van der Waals surface area contributed by atoms with Gasteiger partial charge in [-0.05, 0) is 30.3 Å². The summed E-state index contributed by atoms with van der Waals surface area (Å²) in [6.45, 7) is 0.486. The maximum Gasteiger partial charge on any atom is 0.243 e. The van der Waals surface area contributed by atoms with Gasteiger partial charge in [0, 0.05) is 12.3 Å². The van der Waals surface area contributed by atoms with Crippen LogP contribution in [0, 0.1) is 11.3 Å². The van der Waals surface area contributed by atoms with Crippen LogP contribution in [0.4, 0.5) is 0 Å². The van der Waals surface area contributed by atoms with E-state index in [1.54, 1.807) is 18.2 Å². The van der Waals surface area contributed by atoms with Crippen LogP contribution >= 0.6 is 0 Å². The van der Waals surface area contributed by atoms with Gasteiger partial charge >= 0.3 is 0 Å². The molecule has 7 nitrogen and oxygen atoms in total. The number of pyridine rings is 1. The molecule has 2 heterocycles. The molecule has 0 N–H and O–H groups in total. The van der Waals surface area contributed by atoms with Gasteiger partial charge in [-0.1, -0.05) is 0 Å². The molecule has 3 rings (SSSR count). The fraction of sp³-hybridized carbons (Fsp3) is 0.250. The molecular formula is C16H15N3O4S. The fourth-order valence-electron chi connectivity index (χ4n) is 2.28. The highest BCUT2D eigenvalue weighted by atomic mass is 32.2. The molecular weight excluding hydrogens is 330 g/mol. The lowest BCUT2D eigenvalue weighted by Gasteiger charge is -2.37. The average molecular weight is 345 g/mol. The predicted molar refractivity (Wildman–Crippen MR) is 85.1 cm³/mol. The maximum absolute atomic E-state index is 12.5. The number of benzene rings is 1. The van der Waals surface area contributed by atoms with Gasteiger partial charge in [-0.2, -0.15) is 9.57 Å². The van der Waals surface area contributed by atoms with Crippen molar-refractivity contribution in [1.82, 2.24) is 9.29 Å². The highest BCUT2D eigenvalue weighted by Gasteiger charge is 2.38. The van der Waals surface area contributed by atoms with Gasteiger partial charge in [0.25, 0.3) is 0 Å². The van der Waals surface area contributed by atoms with E-state index in [9.17, 15) is 8.42 Å². The van der Waals surface area contributed by atoms with Crippen LogP contribution in [-0.4, -0.2) is 44.0 Å². The molecule has 0 bridgehead atoms. The Bertz CT molecular complexity index is 869. The van der Waals surface area contributed by atoms with E-state index < -0.39 is 10.0 Å². The Morgan fingerprint density at radius 3 is 2.58 bits per heavy atom. The molecule has 1 aliphatic rings. The lowest BCUT2D eigenvalue weighted by atomic mass is 10.2. The van der Waals surface area contributed by atoms with Crippen molar-refractivity contribution in [2.75, 3.05) is 20.2 Å². The average Bonchev–Trinajstić information content (AvgIpc) is 2.57. The van der Waals surface area contributed by atoms with Crippen LogP contribution in [-0.2, 0) is 10.0 Å². The molecule has 1 fully saturated rings. The summed E-state index contributed by atoms with van der Waals surface area (Å²) in [5.41, 5.74) is 0.446. The van der Waals surface area contributed by atoms with Crippen molar-refractivity contribution in [3.8, 4) is 17.7 Å². The highest BCUT2D eigenvalue weighted by Crippen LogP contribution is 2.25. The second-order valence-corrected chi connectivity index (χ2v) is 7.17. The number of hydrogen-bond donors (Lipinski definition) is 0. The van der Waals surface area contributed by atoms with Gasteiger partial charge in [0.05, 0.1) is 36.7 Å². The minimum atomic E-state index is -3.54. The van der Waals surface area contributed by atoms with Crippen LogP contribution in [0.1, 0.15) is 5.56 Å². The summed E-state index contributed by atoms with van der Waals surface area (Å²) in [6, 6.07) is 11.4. The molecule has 1 aromatic carbocycles. The lowest BCUT2D eigenvalue weighted by molar-refractivity contribution is 0.0720. The molecule has 2 aromatic rings. The molecule has 124 valence electrons. The molecule has 0 unspecified atom stereocenters. The molecule has 1 aliphatic heterocycles. The van der Waals surface area contributed by atoms with Crippen molar-refractivity contribution in [3.05, 3.63) is 48.2 Å². The number of ether oxygens (including phenoxy) is 2. The quantitative estimate of drug-likeness (QED) is 0.813. The Hall–Kier alpha value is -2.63. The summed E-state index contributed by atoms with van der Waals surface area (Å²) in [4.78, 5) is 4.23. The molecule has 8 heteroatoms. The van der Waals surface area contributed by atoms with Crippen LogP contribution < -0.4 is 9.47 Å². The van der Waals surface area contributed by atoms with Crippen molar-refractivity contribution >= 4 is 10.0 Å². The second-order valence-electron chi connectivity index (χ2n) is 5.23. The smallest absolute Gasteiger partial charge is 0.243 e. The molecule has 1 saturated heterocycles. The highest BCUT2D eigenvalue weighted by molar-refractivity contribution is 7.89. The van der Waals surface area contributed by atoms with Crippen molar-refractivity contribution in [3.63, 3.8) is 0 Å². The zero-order valence-corrected chi connectivity index (χ0v) is 13.7. The predicted octanol–water partition coefficient (Wildman–Crippen LogP) is 1.41. The Morgan fingerprint density at radius 1 is 1.25 bits per heavy atom. The third kappa shape index (κ3) is 3.18. The van der Waals surface area contributed by atoms with E-state index in [0.717, 1.165) is 0 Å². The third-order valence-corrected chi connectivity index (χ3v) is 5.51. The largest absolute Gasteiger partial charge is 0.497 e. The summed E-state index contributed by atoms with van der Waals surface area (Å²) in [7, 11) is -2.02. The van der Waals surface area contributed by atoms with Crippen molar-refractivity contribution in [1.29, 1.82) is 5.26 Å². The Kier molecular flexibility index (Phi) is 4.38. The zero-order valence-electron chi connectivity index (χ0n) is 12.9. The van der Waals surface area contributed by atoms with Gasteiger partial charge in [-0.15, -0.1) is 0 Å². The van der Waals surface area contributed by atoms with Crippen LogP contribution in [0.2, 0.25) is 0 Å². The topological polar surface area (TPSA) is 92.5 Å². The molecule has 0 amide bonds. The number of sulfonamides is 1. The van der Waals surface area contributed by atoms with Crippen LogP contribution in [0.5, 0.6) is 11.6 Å². The van der Waals surface area contributed by atoms with E-state index in [1.165, 1.54) is 35.8 Å². The number of nitrogens with zero attached hydrogens (tertiary/aromatic N) is 3. The first-order valence-corrected chi connectivity index (χ1v) is 8.64. The van der Waals surface area contributed by atoms with Gasteiger partial charge in [-0.3, -0.25) is 0 Å². The molecule has 0 radical (unpaired) electrons. The van der Waals surface area contributed by atoms with Crippen molar-refractivity contribution < 1.29 is 17.9 Å². The summed E-state index contributed by atoms with van der Waals surface area (Å²) < 4.78 is 36.9. The lowest BCUT2D eigenvalue weighted by Crippen LogP contribution is -2.56. The normalized spacial score (nSPS) is 15.3. The van der Waals surface area contributed by atoms with Crippen molar-refractivity contribution in [2.45, 2.75) is 11.0 Å². The second kappa shape index (κ2) is 6.47. The number of nitriles is 1. The van der Waals surface area contributed by atoms with Gasteiger partial charge < -0.3 is 9.47 Å². The summed E-state index contributed by atoms with van der Waals surface area (Å²) in [6.07, 6.45) is 1.21. The number of hydrogen-bond acceptors (Lipinski definition) is 6. The van der Waals surface area contributed by atoms with Gasteiger partial charge in [-0.25, -0.2) is 13.4 Å². The first-order chi connectivity index (χ1) is 11.5. The monoisotopic (exact) mass is 345 g/mol. The summed E-state index contributed by atoms with van der Waals surface area (Å²) >= 11 is 0. The van der Waals surface area contributed by atoms with E-state index in [1.807, 2.05) is 6.07 Å². The molecule has 0 saturated carbocycles. The Balaban J connectivity index is 1.63. The van der Waals surface area contributed by atoms with Crippen LogP contribution in [0.25, 0.3) is 0 Å². The molecule has 0 aliphatic carbocycles. The van der Waals surface area contributed by atoms with Crippen LogP contribution in [0.3, 0.4) is 0 Å². The SMILES string of the molecule is COc1ccc(S(=O)(=O)N2CC(Oc3cc(C#N)ccn3)C2)cc1. The summed E-state index contributed by atoms with van der Waals surface area (Å²) in [5, 5.41) is 8.85. The molecule has 0 atom stereocenters. The first kappa shape index (κ1) is 16.2. The van der Waals surface area contributed by atoms with E-state index >= 15 is 0 Å². The maximum atomic E-state index is 12.5. The molecule has 24 heavy (non-hydrogen) atoms. The van der Waals surface area contributed by atoms with Gasteiger partial charge in [0.2, 0.25) is 15.9 Å². The minimum Gasteiger partial charge on any atom is -0.497 e. The number of rotatable bonds is 5. The summed E-state index contributed by atoms with van der Waals surface area (Å²) in [5.74, 6) is 0.919. The van der Waals surface area contributed by atoms with E-state index in [0.29, 0.717) is 17.2 Å². The Labute approximate surface area is 140 Å². The van der Waals surface area contributed by atoms with Crippen molar-refractivity contribution in [2.24, 2.45) is 0 Å². The van der Waals surface area contributed by atoms with Crippen LogP contribution in [0.15, 0.2) is 47.5 Å². The first-order valence-electron chi connectivity index (χ1n) is 7.20.